The normalized spacial score (nSPS) is 16.9. The Bertz CT molecular complexity index is 508. The second kappa shape index (κ2) is 6.50. The fourth-order valence-corrected chi connectivity index (χ4v) is 4.11. The number of benzene rings is 1. The van der Waals surface area contributed by atoms with E-state index in [1.54, 1.807) is 16.4 Å². The summed E-state index contributed by atoms with van der Waals surface area (Å²) in [6, 6.07) is 7.31. The molecule has 19 heavy (non-hydrogen) atoms. The summed E-state index contributed by atoms with van der Waals surface area (Å²) in [5.74, 6) is 0. The lowest BCUT2D eigenvalue weighted by atomic mass is 10.2. The van der Waals surface area contributed by atoms with Crippen molar-refractivity contribution in [1.82, 2.24) is 9.62 Å². The lowest BCUT2D eigenvalue weighted by Gasteiger charge is -2.18. The molecule has 0 amide bonds. The predicted octanol–water partition coefficient (Wildman–Crippen LogP) is 1.97. The topological polar surface area (TPSA) is 49.4 Å². The molecule has 1 aromatic carbocycles. The number of nitrogens with one attached hydrogen (secondary N) is 1. The average molecular weight is 282 g/mol. The van der Waals surface area contributed by atoms with Crippen LogP contribution in [0.2, 0.25) is 0 Å². The van der Waals surface area contributed by atoms with Crippen molar-refractivity contribution in [3.05, 3.63) is 29.8 Å². The van der Waals surface area contributed by atoms with Gasteiger partial charge in [-0.1, -0.05) is 25.1 Å². The molecule has 2 rings (SSSR count). The second-order valence-electron chi connectivity index (χ2n) is 4.90. The highest BCUT2D eigenvalue weighted by Crippen LogP contribution is 2.23. The van der Waals surface area contributed by atoms with Gasteiger partial charge in [-0.25, -0.2) is 8.42 Å². The number of hydrogen-bond donors (Lipinski definition) is 1. The molecule has 0 atom stereocenters. The van der Waals surface area contributed by atoms with Gasteiger partial charge in [-0.05, 0) is 37.4 Å². The third-order valence-corrected chi connectivity index (χ3v) is 5.40. The van der Waals surface area contributed by atoms with Crippen molar-refractivity contribution in [2.75, 3.05) is 19.6 Å². The van der Waals surface area contributed by atoms with Gasteiger partial charge in [0.05, 0.1) is 4.90 Å². The van der Waals surface area contributed by atoms with Crippen molar-refractivity contribution in [1.29, 1.82) is 0 Å². The summed E-state index contributed by atoms with van der Waals surface area (Å²) in [5.41, 5.74) is 0.864. The van der Waals surface area contributed by atoms with E-state index in [4.69, 9.17) is 0 Å². The van der Waals surface area contributed by atoms with E-state index in [9.17, 15) is 8.42 Å². The number of hydrogen-bond acceptors (Lipinski definition) is 3. The molecule has 1 aliphatic rings. The van der Waals surface area contributed by atoms with E-state index >= 15 is 0 Å². The molecule has 0 aliphatic carbocycles. The molecular formula is C14H22N2O2S. The van der Waals surface area contributed by atoms with E-state index in [1.807, 2.05) is 12.1 Å². The van der Waals surface area contributed by atoms with Gasteiger partial charge in [0.25, 0.3) is 0 Å². The first kappa shape index (κ1) is 14.5. The molecule has 0 spiro atoms. The molecule has 1 heterocycles. The van der Waals surface area contributed by atoms with Crippen LogP contribution < -0.4 is 5.32 Å². The maximum atomic E-state index is 12.6. The Morgan fingerprint density at radius 3 is 2.58 bits per heavy atom. The van der Waals surface area contributed by atoms with E-state index < -0.39 is 10.0 Å². The van der Waals surface area contributed by atoms with E-state index in [2.05, 4.69) is 12.2 Å². The standard InChI is InChI=1S/C14H22N2O2S/c1-2-9-15-12-13-7-3-4-8-14(13)19(17,18)16-10-5-6-11-16/h3-4,7-8,15H,2,5-6,9-12H2,1H3. The zero-order chi connectivity index (χ0) is 13.7. The van der Waals surface area contributed by atoms with Crippen molar-refractivity contribution < 1.29 is 8.42 Å². The first-order valence-corrected chi connectivity index (χ1v) is 8.39. The van der Waals surface area contributed by atoms with Crippen LogP contribution in [0.15, 0.2) is 29.2 Å². The van der Waals surface area contributed by atoms with Crippen molar-refractivity contribution in [3.63, 3.8) is 0 Å². The number of rotatable bonds is 6. The third-order valence-electron chi connectivity index (χ3n) is 3.40. The summed E-state index contributed by atoms with van der Waals surface area (Å²) in [6.07, 6.45) is 2.98. The van der Waals surface area contributed by atoms with Crippen molar-refractivity contribution in [2.45, 2.75) is 37.6 Å². The Labute approximate surface area is 115 Å². The molecule has 0 bridgehead atoms. The highest BCUT2D eigenvalue weighted by molar-refractivity contribution is 7.89. The van der Waals surface area contributed by atoms with Crippen LogP contribution in [0.1, 0.15) is 31.7 Å². The van der Waals surface area contributed by atoms with Crippen LogP contribution in [-0.4, -0.2) is 32.4 Å². The van der Waals surface area contributed by atoms with Gasteiger partial charge >= 0.3 is 0 Å². The quantitative estimate of drug-likeness (QED) is 0.812. The lowest BCUT2D eigenvalue weighted by molar-refractivity contribution is 0.476. The summed E-state index contributed by atoms with van der Waals surface area (Å²) in [7, 11) is -3.31. The van der Waals surface area contributed by atoms with Gasteiger partial charge in [0, 0.05) is 19.6 Å². The Morgan fingerprint density at radius 1 is 1.21 bits per heavy atom. The van der Waals surface area contributed by atoms with Gasteiger partial charge in [0.1, 0.15) is 0 Å². The summed E-state index contributed by atoms with van der Waals surface area (Å²) in [4.78, 5) is 0.459. The highest BCUT2D eigenvalue weighted by Gasteiger charge is 2.28. The molecule has 1 N–H and O–H groups in total. The summed E-state index contributed by atoms with van der Waals surface area (Å²) < 4.78 is 26.8. The minimum absolute atomic E-state index is 0.459. The van der Waals surface area contributed by atoms with Crippen LogP contribution in [0.4, 0.5) is 0 Å². The Kier molecular flexibility index (Phi) is 4.96. The van der Waals surface area contributed by atoms with Gasteiger partial charge < -0.3 is 5.32 Å². The van der Waals surface area contributed by atoms with Crippen molar-refractivity contribution in [3.8, 4) is 0 Å². The van der Waals surface area contributed by atoms with Crippen molar-refractivity contribution >= 4 is 10.0 Å². The molecule has 0 unspecified atom stereocenters. The van der Waals surface area contributed by atoms with Crippen LogP contribution in [0.25, 0.3) is 0 Å². The molecule has 1 aliphatic heterocycles. The molecular weight excluding hydrogens is 260 g/mol. The lowest BCUT2D eigenvalue weighted by Crippen LogP contribution is -2.29. The SMILES string of the molecule is CCCNCc1ccccc1S(=O)(=O)N1CCCC1. The first-order valence-electron chi connectivity index (χ1n) is 6.95. The fraction of sp³-hybridized carbons (Fsp3) is 0.571. The molecule has 1 aromatic rings. The number of sulfonamides is 1. The summed E-state index contributed by atoms with van der Waals surface area (Å²) in [6.45, 7) is 4.91. The van der Waals surface area contributed by atoms with Gasteiger partial charge in [0.2, 0.25) is 10.0 Å². The molecule has 106 valence electrons. The van der Waals surface area contributed by atoms with E-state index in [-0.39, 0.29) is 0 Å². The molecule has 4 nitrogen and oxygen atoms in total. The minimum atomic E-state index is -3.31. The smallest absolute Gasteiger partial charge is 0.243 e. The highest BCUT2D eigenvalue weighted by atomic mass is 32.2. The van der Waals surface area contributed by atoms with E-state index in [1.165, 1.54) is 0 Å². The largest absolute Gasteiger partial charge is 0.313 e. The molecule has 0 radical (unpaired) electrons. The van der Waals surface area contributed by atoms with Gasteiger partial charge in [0.15, 0.2) is 0 Å². The van der Waals surface area contributed by atoms with Crippen molar-refractivity contribution in [2.24, 2.45) is 0 Å². The van der Waals surface area contributed by atoms with Crippen LogP contribution >= 0.6 is 0 Å². The maximum Gasteiger partial charge on any atom is 0.243 e. The summed E-state index contributed by atoms with van der Waals surface area (Å²) >= 11 is 0. The summed E-state index contributed by atoms with van der Waals surface area (Å²) in [5, 5.41) is 3.27. The van der Waals surface area contributed by atoms with Crippen LogP contribution in [0.5, 0.6) is 0 Å². The van der Waals surface area contributed by atoms with Crippen LogP contribution in [0, 0.1) is 0 Å². The first-order chi connectivity index (χ1) is 9.16. The molecule has 1 saturated heterocycles. The van der Waals surface area contributed by atoms with Gasteiger partial charge in [-0.15, -0.1) is 0 Å². The third kappa shape index (κ3) is 3.35. The van der Waals surface area contributed by atoms with Gasteiger partial charge in [-0.3, -0.25) is 0 Å². The maximum absolute atomic E-state index is 12.6. The Hall–Kier alpha value is -0.910. The fourth-order valence-electron chi connectivity index (χ4n) is 2.37. The predicted molar refractivity (Wildman–Crippen MR) is 76.4 cm³/mol. The van der Waals surface area contributed by atoms with Gasteiger partial charge in [-0.2, -0.15) is 4.31 Å². The molecule has 1 fully saturated rings. The average Bonchev–Trinajstić information content (AvgIpc) is 2.94. The molecule has 0 aromatic heterocycles. The molecule has 5 heteroatoms. The Morgan fingerprint density at radius 2 is 1.89 bits per heavy atom. The zero-order valence-corrected chi connectivity index (χ0v) is 12.2. The van der Waals surface area contributed by atoms with E-state index in [0.29, 0.717) is 24.5 Å². The second-order valence-corrected chi connectivity index (χ2v) is 6.80. The molecule has 0 saturated carbocycles. The number of nitrogens with zero attached hydrogens (tertiary/aromatic N) is 1. The van der Waals surface area contributed by atoms with Crippen LogP contribution in [0.3, 0.4) is 0 Å². The monoisotopic (exact) mass is 282 g/mol. The minimum Gasteiger partial charge on any atom is -0.313 e. The van der Waals surface area contributed by atoms with E-state index in [0.717, 1.165) is 31.4 Å². The van der Waals surface area contributed by atoms with Crippen LogP contribution in [-0.2, 0) is 16.6 Å². The Balaban J connectivity index is 2.23. The zero-order valence-electron chi connectivity index (χ0n) is 11.4.